The van der Waals surface area contributed by atoms with Crippen LogP contribution in [0, 0.1) is 5.92 Å². The fourth-order valence-corrected chi connectivity index (χ4v) is 2.93. The van der Waals surface area contributed by atoms with E-state index in [1.807, 2.05) is 6.92 Å². The first kappa shape index (κ1) is 15.9. The highest BCUT2D eigenvalue weighted by Crippen LogP contribution is 2.27. The molecule has 0 aliphatic carbocycles. The maximum atomic E-state index is 12.3. The average Bonchev–Trinajstić information content (AvgIpc) is 2.41. The number of nitrogens with zero attached hydrogens (tertiary/aromatic N) is 1. The topological polar surface area (TPSA) is 69.6 Å². The molecule has 1 aliphatic rings. The van der Waals surface area contributed by atoms with E-state index in [4.69, 9.17) is 28.3 Å². The third-order valence-electron chi connectivity index (χ3n) is 3.66. The van der Waals surface area contributed by atoms with Crippen molar-refractivity contribution in [3.63, 3.8) is 0 Å². The van der Waals surface area contributed by atoms with Gasteiger partial charge in [-0.15, -0.1) is 0 Å². The Labute approximate surface area is 132 Å². The molecule has 2 rings (SSSR count). The second-order valence-corrected chi connectivity index (χ2v) is 6.00. The summed E-state index contributed by atoms with van der Waals surface area (Å²) in [5.41, 5.74) is 0.485. The molecule has 1 fully saturated rings. The molecule has 2 amide bonds. The Morgan fingerprint density at radius 3 is 2.67 bits per heavy atom. The van der Waals surface area contributed by atoms with Crippen LogP contribution in [0.4, 0.5) is 10.5 Å². The lowest BCUT2D eigenvalue weighted by Crippen LogP contribution is -2.47. The number of anilines is 1. The highest BCUT2D eigenvalue weighted by Gasteiger charge is 2.32. The van der Waals surface area contributed by atoms with Gasteiger partial charge < -0.3 is 15.3 Å². The molecule has 5 nitrogen and oxygen atoms in total. The second kappa shape index (κ2) is 6.54. The number of amides is 2. The minimum Gasteiger partial charge on any atom is -0.481 e. The number of carboxylic acids is 1. The minimum absolute atomic E-state index is 0.133. The van der Waals surface area contributed by atoms with Crippen LogP contribution in [0.3, 0.4) is 0 Å². The van der Waals surface area contributed by atoms with Crippen LogP contribution >= 0.6 is 23.2 Å². The van der Waals surface area contributed by atoms with Gasteiger partial charge in [0, 0.05) is 17.6 Å². The van der Waals surface area contributed by atoms with E-state index in [0.29, 0.717) is 35.1 Å². The molecule has 2 atom stereocenters. The predicted octanol–water partition coefficient (Wildman–Crippen LogP) is 3.71. The normalized spacial score (nSPS) is 22.0. The summed E-state index contributed by atoms with van der Waals surface area (Å²) in [6.45, 7) is 2.26. The van der Waals surface area contributed by atoms with E-state index in [1.165, 1.54) is 0 Å². The van der Waals surface area contributed by atoms with Crippen molar-refractivity contribution in [1.29, 1.82) is 0 Å². The zero-order valence-corrected chi connectivity index (χ0v) is 13.0. The van der Waals surface area contributed by atoms with Crippen molar-refractivity contribution in [2.75, 3.05) is 11.9 Å². The number of aliphatic carboxylic acids is 1. The van der Waals surface area contributed by atoms with Crippen LogP contribution in [-0.4, -0.2) is 34.6 Å². The smallest absolute Gasteiger partial charge is 0.322 e. The van der Waals surface area contributed by atoms with E-state index in [0.717, 1.165) is 0 Å². The molecule has 0 aromatic heterocycles. The highest BCUT2D eigenvalue weighted by molar-refractivity contribution is 6.36. The van der Waals surface area contributed by atoms with Gasteiger partial charge in [-0.1, -0.05) is 23.2 Å². The number of carboxylic acid groups (broad SMARTS) is 1. The summed E-state index contributed by atoms with van der Waals surface area (Å²) >= 11 is 11.8. The largest absolute Gasteiger partial charge is 0.481 e. The molecule has 0 spiro atoms. The Morgan fingerprint density at radius 2 is 2.10 bits per heavy atom. The van der Waals surface area contributed by atoms with E-state index in [-0.39, 0.29) is 18.0 Å². The van der Waals surface area contributed by atoms with Crippen LogP contribution < -0.4 is 5.32 Å². The first-order valence-corrected chi connectivity index (χ1v) is 7.39. The molecule has 1 saturated heterocycles. The maximum absolute atomic E-state index is 12.3. The molecule has 114 valence electrons. The summed E-state index contributed by atoms with van der Waals surface area (Å²) in [6.07, 6.45) is 0.915. The third kappa shape index (κ3) is 3.80. The molecule has 2 N–H and O–H groups in total. The van der Waals surface area contributed by atoms with Gasteiger partial charge in [0.05, 0.1) is 16.6 Å². The van der Waals surface area contributed by atoms with Gasteiger partial charge in [0.25, 0.3) is 0 Å². The number of urea groups is 1. The quantitative estimate of drug-likeness (QED) is 0.868. The van der Waals surface area contributed by atoms with Crippen LogP contribution in [0.2, 0.25) is 10.0 Å². The molecule has 2 unspecified atom stereocenters. The van der Waals surface area contributed by atoms with E-state index < -0.39 is 5.97 Å². The Bertz CT molecular complexity index is 565. The fourth-order valence-electron chi connectivity index (χ4n) is 2.48. The summed E-state index contributed by atoms with van der Waals surface area (Å²) < 4.78 is 0. The molecule has 0 saturated carbocycles. The summed E-state index contributed by atoms with van der Waals surface area (Å²) in [6, 6.07) is 4.42. The Hall–Kier alpha value is -1.46. The lowest BCUT2D eigenvalue weighted by Gasteiger charge is -2.36. The fraction of sp³-hybridized carbons (Fsp3) is 0.429. The second-order valence-electron chi connectivity index (χ2n) is 5.16. The zero-order valence-electron chi connectivity index (χ0n) is 11.5. The van der Waals surface area contributed by atoms with E-state index in [9.17, 15) is 9.59 Å². The van der Waals surface area contributed by atoms with Crippen molar-refractivity contribution >= 4 is 40.9 Å². The number of carbonyl (C=O) groups excluding carboxylic acids is 1. The van der Waals surface area contributed by atoms with Crippen LogP contribution in [0.5, 0.6) is 0 Å². The Kier molecular flexibility index (Phi) is 4.96. The number of nitrogens with one attached hydrogen (secondary N) is 1. The number of rotatable bonds is 2. The van der Waals surface area contributed by atoms with Gasteiger partial charge in [0.15, 0.2) is 0 Å². The van der Waals surface area contributed by atoms with E-state index in [2.05, 4.69) is 5.32 Å². The molecule has 1 aromatic rings. The summed E-state index contributed by atoms with van der Waals surface area (Å²) in [5, 5.41) is 12.6. The lowest BCUT2D eigenvalue weighted by atomic mass is 9.92. The Morgan fingerprint density at radius 1 is 1.38 bits per heavy atom. The van der Waals surface area contributed by atoms with Crippen molar-refractivity contribution in [1.82, 2.24) is 4.90 Å². The van der Waals surface area contributed by atoms with Crippen molar-refractivity contribution in [2.24, 2.45) is 5.92 Å². The molecule has 1 aromatic carbocycles. The molecule has 0 bridgehead atoms. The standard InChI is InChI=1S/C14H16Cl2N2O3/c1-8-6-9(13(19)20)4-5-18(8)14(21)17-12-3-2-10(15)7-11(12)16/h2-3,7-9H,4-6H2,1H3,(H,17,21)(H,19,20). The average molecular weight is 331 g/mol. The molecule has 7 heteroatoms. The maximum Gasteiger partial charge on any atom is 0.322 e. The minimum atomic E-state index is -0.803. The van der Waals surface area contributed by atoms with Crippen molar-refractivity contribution < 1.29 is 14.7 Å². The summed E-state index contributed by atoms with van der Waals surface area (Å²) in [7, 11) is 0. The van der Waals surface area contributed by atoms with Crippen molar-refractivity contribution in [2.45, 2.75) is 25.8 Å². The highest BCUT2D eigenvalue weighted by atomic mass is 35.5. The number of hydrogen-bond acceptors (Lipinski definition) is 2. The SMILES string of the molecule is CC1CC(C(=O)O)CCN1C(=O)Nc1ccc(Cl)cc1Cl. The van der Waals surface area contributed by atoms with Gasteiger partial charge in [-0.2, -0.15) is 0 Å². The molecule has 21 heavy (non-hydrogen) atoms. The number of halogens is 2. The zero-order chi connectivity index (χ0) is 15.6. The Balaban J connectivity index is 2.02. The number of piperidine rings is 1. The number of benzene rings is 1. The molecular formula is C14H16Cl2N2O3. The van der Waals surface area contributed by atoms with Crippen LogP contribution in [0.1, 0.15) is 19.8 Å². The van der Waals surface area contributed by atoms with Gasteiger partial charge in [0.1, 0.15) is 0 Å². The van der Waals surface area contributed by atoms with Crippen LogP contribution in [0.15, 0.2) is 18.2 Å². The van der Waals surface area contributed by atoms with Crippen LogP contribution in [-0.2, 0) is 4.79 Å². The van der Waals surface area contributed by atoms with E-state index >= 15 is 0 Å². The molecule has 0 radical (unpaired) electrons. The lowest BCUT2D eigenvalue weighted by molar-refractivity contribution is -0.143. The van der Waals surface area contributed by atoms with Gasteiger partial charge >= 0.3 is 12.0 Å². The molecular weight excluding hydrogens is 315 g/mol. The number of hydrogen-bond donors (Lipinski definition) is 2. The van der Waals surface area contributed by atoms with Crippen molar-refractivity contribution in [3.8, 4) is 0 Å². The molecule has 1 aliphatic heterocycles. The summed E-state index contributed by atoms with van der Waals surface area (Å²) in [4.78, 5) is 24.9. The number of likely N-dealkylation sites (tertiary alicyclic amines) is 1. The molecule has 1 heterocycles. The van der Waals surface area contributed by atoms with Gasteiger partial charge in [-0.25, -0.2) is 4.79 Å². The summed E-state index contributed by atoms with van der Waals surface area (Å²) in [5.74, 6) is -1.19. The predicted molar refractivity (Wildman–Crippen MR) is 82.0 cm³/mol. The van der Waals surface area contributed by atoms with Gasteiger partial charge in [-0.05, 0) is 38.0 Å². The monoisotopic (exact) mass is 330 g/mol. The first-order chi connectivity index (χ1) is 9.88. The van der Waals surface area contributed by atoms with Crippen LogP contribution in [0.25, 0.3) is 0 Å². The van der Waals surface area contributed by atoms with E-state index in [1.54, 1.807) is 23.1 Å². The van der Waals surface area contributed by atoms with Crippen molar-refractivity contribution in [3.05, 3.63) is 28.2 Å². The first-order valence-electron chi connectivity index (χ1n) is 6.64. The third-order valence-corrected chi connectivity index (χ3v) is 4.21. The van der Waals surface area contributed by atoms with Gasteiger partial charge in [0.2, 0.25) is 0 Å². The van der Waals surface area contributed by atoms with Gasteiger partial charge in [-0.3, -0.25) is 4.79 Å². The number of carbonyl (C=O) groups is 2.